The van der Waals surface area contributed by atoms with Crippen molar-refractivity contribution in [3.8, 4) is 0 Å². The Morgan fingerprint density at radius 2 is 1.97 bits per heavy atom. The molecule has 2 aliphatic rings. The Morgan fingerprint density at radius 3 is 2.64 bits per heavy atom. The highest BCUT2D eigenvalue weighted by Crippen LogP contribution is 2.47. The van der Waals surface area contributed by atoms with Gasteiger partial charge < -0.3 is 15.0 Å². The molecule has 0 aliphatic carbocycles. The van der Waals surface area contributed by atoms with Crippen LogP contribution in [0.3, 0.4) is 0 Å². The zero-order valence-corrected chi connectivity index (χ0v) is 19.9. The number of fused-ring (bicyclic) bond motifs is 1. The topological polar surface area (TPSA) is 84.0 Å². The average Bonchev–Trinajstić information content (AvgIpc) is 3.26. The number of ether oxygens (including phenoxy) is 1. The van der Waals surface area contributed by atoms with Gasteiger partial charge in [-0.25, -0.2) is 4.79 Å². The first kappa shape index (κ1) is 23.2. The first-order chi connectivity index (χ1) is 15.6. The van der Waals surface area contributed by atoms with E-state index in [2.05, 4.69) is 41.5 Å². The Balaban J connectivity index is 1.70. The van der Waals surface area contributed by atoms with Crippen molar-refractivity contribution in [1.29, 1.82) is 0 Å². The second-order valence-electron chi connectivity index (χ2n) is 9.91. The third kappa shape index (κ3) is 4.86. The molecule has 2 unspecified atom stereocenters. The highest BCUT2D eigenvalue weighted by Gasteiger charge is 2.59. The number of aryl methyl sites for hydroxylation is 1. The minimum atomic E-state index is -0.656. The summed E-state index contributed by atoms with van der Waals surface area (Å²) in [6, 6.07) is 12.0. The quantitative estimate of drug-likeness (QED) is 0.759. The smallest absolute Gasteiger partial charge is 0.410 e. The van der Waals surface area contributed by atoms with Gasteiger partial charge in [0.05, 0.1) is 25.4 Å². The molecular weight excluding hydrogens is 420 g/mol. The zero-order valence-electron chi connectivity index (χ0n) is 19.9. The Kier molecular flexibility index (Phi) is 6.16. The van der Waals surface area contributed by atoms with Crippen molar-refractivity contribution >= 4 is 17.7 Å². The molecule has 0 radical (unpaired) electrons. The number of pyridine rings is 1. The molecule has 1 aromatic heterocycles. The summed E-state index contributed by atoms with van der Waals surface area (Å²) >= 11 is 0. The molecule has 33 heavy (non-hydrogen) atoms. The number of rotatable bonds is 4. The molecule has 0 bridgehead atoms. The van der Waals surface area contributed by atoms with Gasteiger partial charge in [0.1, 0.15) is 11.1 Å². The highest BCUT2D eigenvalue weighted by molar-refractivity contribution is 5.88. The molecule has 8 nitrogen and oxygen atoms in total. The van der Waals surface area contributed by atoms with E-state index in [1.807, 2.05) is 31.9 Å². The molecule has 4 rings (SSSR count). The SMILES string of the molecule is CC(=O)Nc1ccnc(C23CN(C(=O)OC(C)(C)C)CC2CON3Cc2ccc(C)cc2)c1. The summed E-state index contributed by atoms with van der Waals surface area (Å²) in [6.07, 6.45) is 1.34. The third-order valence-corrected chi connectivity index (χ3v) is 6.05. The van der Waals surface area contributed by atoms with Crippen LogP contribution in [-0.2, 0) is 26.5 Å². The van der Waals surface area contributed by atoms with Gasteiger partial charge in [0.25, 0.3) is 0 Å². The fourth-order valence-corrected chi connectivity index (χ4v) is 4.55. The molecule has 3 heterocycles. The first-order valence-electron chi connectivity index (χ1n) is 11.2. The molecule has 0 saturated carbocycles. The van der Waals surface area contributed by atoms with Gasteiger partial charge in [0, 0.05) is 31.3 Å². The number of benzene rings is 1. The fourth-order valence-electron chi connectivity index (χ4n) is 4.55. The second kappa shape index (κ2) is 8.76. The van der Waals surface area contributed by atoms with Crippen molar-refractivity contribution in [1.82, 2.24) is 14.9 Å². The number of nitrogens with one attached hydrogen (secondary N) is 1. The monoisotopic (exact) mass is 452 g/mol. The summed E-state index contributed by atoms with van der Waals surface area (Å²) in [4.78, 5) is 37.2. The van der Waals surface area contributed by atoms with Gasteiger partial charge in [-0.2, -0.15) is 5.06 Å². The van der Waals surface area contributed by atoms with E-state index in [0.717, 1.165) is 11.3 Å². The molecule has 176 valence electrons. The van der Waals surface area contributed by atoms with E-state index < -0.39 is 11.1 Å². The van der Waals surface area contributed by atoms with E-state index in [-0.39, 0.29) is 17.9 Å². The number of likely N-dealkylation sites (tertiary alicyclic amines) is 1. The molecule has 0 spiro atoms. The molecular formula is C25H32N4O4. The summed E-state index contributed by atoms with van der Waals surface area (Å²) in [6.45, 7) is 11.0. The van der Waals surface area contributed by atoms with E-state index in [9.17, 15) is 9.59 Å². The van der Waals surface area contributed by atoms with E-state index in [1.54, 1.807) is 17.2 Å². The van der Waals surface area contributed by atoms with E-state index >= 15 is 0 Å². The van der Waals surface area contributed by atoms with Crippen LogP contribution < -0.4 is 5.32 Å². The number of hydrogen-bond acceptors (Lipinski definition) is 6. The summed E-state index contributed by atoms with van der Waals surface area (Å²) in [5.74, 6) is -0.141. The van der Waals surface area contributed by atoms with E-state index in [0.29, 0.717) is 31.9 Å². The number of carbonyl (C=O) groups is 2. The Labute approximate surface area is 194 Å². The zero-order chi connectivity index (χ0) is 23.8. The average molecular weight is 453 g/mol. The van der Waals surface area contributed by atoms with Crippen LogP contribution in [0.4, 0.5) is 10.5 Å². The molecule has 2 fully saturated rings. The number of carbonyl (C=O) groups excluding carboxylic acids is 2. The van der Waals surface area contributed by atoms with Crippen LogP contribution in [0.1, 0.15) is 44.5 Å². The van der Waals surface area contributed by atoms with Crippen LogP contribution in [0.25, 0.3) is 0 Å². The maximum atomic E-state index is 12.9. The Bertz CT molecular complexity index is 1030. The van der Waals surface area contributed by atoms with Crippen LogP contribution in [-0.4, -0.2) is 52.2 Å². The first-order valence-corrected chi connectivity index (χ1v) is 11.2. The lowest BCUT2D eigenvalue weighted by molar-refractivity contribution is -0.177. The Hall–Kier alpha value is -2.97. The maximum absolute atomic E-state index is 12.9. The summed E-state index contributed by atoms with van der Waals surface area (Å²) in [5, 5.41) is 4.79. The van der Waals surface area contributed by atoms with Crippen molar-refractivity contribution in [2.24, 2.45) is 5.92 Å². The Morgan fingerprint density at radius 1 is 1.24 bits per heavy atom. The lowest BCUT2D eigenvalue weighted by atomic mass is 9.84. The van der Waals surface area contributed by atoms with E-state index in [4.69, 9.17) is 9.57 Å². The van der Waals surface area contributed by atoms with Gasteiger partial charge in [-0.05, 0) is 45.4 Å². The predicted octanol–water partition coefficient (Wildman–Crippen LogP) is 3.86. The molecule has 2 atom stereocenters. The van der Waals surface area contributed by atoms with Crippen molar-refractivity contribution < 1.29 is 19.2 Å². The van der Waals surface area contributed by atoms with Crippen LogP contribution in [0, 0.1) is 12.8 Å². The largest absolute Gasteiger partial charge is 0.444 e. The van der Waals surface area contributed by atoms with Crippen LogP contribution in [0.15, 0.2) is 42.6 Å². The standard InChI is InChI=1S/C25H32N4O4/c1-17-6-8-19(9-7-17)13-29-25(22-12-21(10-11-26-22)27-18(2)30)16-28(14-20(25)15-32-29)23(31)33-24(3,4)5/h6-12,20H,13-16H2,1-5H3,(H,26,27,30). The molecule has 2 aromatic rings. The van der Waals surface area contributed by atoms with Crippen LogP contribution in [0.5, 0.6) is 0 Å². The second-order valence-corrected chi connectivity index (χ2v) is 9.91. The van der Waals surface area contributed by atoms with Gasteiger partial charge in [-0.1, -0.05) is 29.8 Å². The maximum Gasteiger partial charge on any atom is 0.410 e. The van der Waals surface area contributed by atoms with Gasteiger partial charge in [-0.3, -0.25) is 14.6 Å². The molecule has 1 N–H and O–H groups in total. The minimum absolute atomic E-state index is 0.00976. The van der Waals surface area contributed by atoms with Crippen molar-refractivity contribution in [2.45, 2.75) is 52.3 Å². The van der Waals surface area contributed by atoms with Crippen LogP contribution >= 0.6 is 0 Å². The molecule has 2 saturated heterocycles. The molecule has 1 aromatic carbocycles. The van der Waals surface area contributed by atoms with Gasteiger partial charge in [-0.15, -0.1) is 0 Å². The van der Waals surface area contributed by atoms with Gasteiger partial charge >= 0.3 is 6.09 Å². The summed E-state index contributed by atoms with van der Waals surface area (Å²) in [5.41, 5.74) is 2.48. The predicted molar refractivity (Wildman–Crippen MR) is 124 cm³/mol. The third-order valence-electron chi connectivity index (χ3n) is 6.05. The molecule has 8 heteroatoms. The number of anilines is 1. The van der Waals surface area contributed by atoms with Crippen molar-refractivity contribution in [3.63, 3.8) is 0 Å². The lowest BCUT2D eigenvalue weighted by Crippen LogP contribution is -2.47. The van der Waals surface area contributed by atoms with Crippen molar-refractivity contribution in [2.75, 3.05) is 25.0 Å². The number of aromatic nitrogens is 1. The highest BCUT2D eigenvalue weighted by atomic mass is 16.7. The van der Waals surface area contributed by atoms with Crippen molar-refractivity contribution in [3.05, 3.63) is 59.4 Å². The fraction of sp³-hybridized carbons (Fsp3) is 0.480. The minimum Gasteiger partial charge on any atom is -0.444 e. The number of hydrogen-bond donors (Lipinski definition) is 1. The van der Waals surface area contributed by atoms with Crippen LogP contribution in [0.2, 0.25) is 0 Å². The van der Waals surface area contributed by atoms with Gasteiger partial charge in [0.2, 0.25) is 5.91 Å². The number of nitrogens with zero attached hydrogens (tertiary/aromatic N) is 3. The molecule has 2 aliphatic heterocycles. The number of hydroxylamine groups is 2. The molecule has 2 amide bonds. The summed E-state index contributed by atoms with van der Waals surface area (Å²) < 4.78 is 5.66. The lowest BCUT2D eigenvalue weighted by Gasteiger charge is -2.36. The van der Waals surface area contributed by atoms with E-state index in [1.165, 1.54) is 12.5 Å². The van der Waals surface area contributed by atoms with Gasteiger partial charge in [0.15, 0.2) is 0 Å². The normalized spacial score (nSPS) is 22.8. The number of amides is 2. The summed E-state index contributed by atoms with van der Waals surface area (Å²) in [7, 11) is 0.